The van der Waals surface area contributed by atoms with Gasteiger partial charge in [-0.2, -0.15) is 0 Å². The maximum atomic E-state index is 13.2. The van der Waals surface area contributed by atoms with Gasteiger partial charge in [0.25, 0.3) is 11.1 Å². The van der Waals surface area contributed by atoms with Gasteiger partial charge in [0.15, 0.2) is 0 Å². The quantitative estimate of drug-likeness (QED) is 0.360. The third kappa shape index (κ3) is 4.18. The molecule has 26 heavy (non-hydrogen) atoms. The van der Waals surface area contributed by atoms with E-state index >= 15 is 0 Å². The van der Waals surface area contributed by atoms with Crippen LogP contribution in [0, 0.1) is 13.0 Å². The van der Waals surface area contributed by atoms with E-state index in [1.54, 1.807) is 12.1 Å². The minimum absolute atomic E-state index is 0.0447. The number of carbonyl (C=O) groups excluding carboxylic acids is 2. The van der Waals surface area contributed by atoms with Crippen molar-refractivity contribution in [3.63, 3.8) is 0 Å². The van der Waals surface area contributed by atoms with E-state index in [2.05, 4.69) is 22.6 Å². The first-order valence-electron chi connectivity index (χ1n) is 7.13. The molecular weight excluding hydrogens is 607 g/mol. The second-order valence-electron chi connectivity index (χ2n) is 5.33. The number of halogens is 4. The number of hydrogen-bond acceptors (Lipinski definition) is 4. The monoisotopic (exact) mass is 615 g/mol. The Labute approximate surface area is 185 Å². The number of carbonyl (C=O) groups is 2. The number of thioether (sulfide) groups is 1. The van der Waals surface area contributed by atoms with Crippen LogP contribution in [0.15, 0.2) is 35.2 Å². The summed E-state index contributed by atoms with van der Waals surface area (Å²) >= 11 is 10.9. The Balaban J connectivity index is 1.89. The van der Waals surface area contributed by atoms with Gasteiger partial charge in [-0.05, 0) is 92.8 Å². The zero-order valence-electron chi connectivity index (χ0n) is 12.8. The van der Waals surface area contributed by atoms with Crippen LogP contribution in [0.2, 0.25) is 5.02 Å². The number of amides is 2. The summed E-state index contributed by atoms with van der Waals surface area (Å²) in [5.74, 6) is -0.912. The van der Waals surface area contributed by atoms with Crippen LogP contribution in [0.5, 0.6) is 5.75 Å². The van der Waals surface area contributed by atoms with E-state index in [4.69, 9.17) is 11.6 Å². The molecule has 9 heteroatoms. The van der Waals surface area contributed by atoms with E-state index in [1.807, 2.05) is 22.6 Å². The molecule has 1 fully saturated rings. The summed E-state index contributed by atoms with van der Waals surface area (Å²) in [6, 6.07) is 7.33. The highest BCUT2D eigenvalue weighted by Crippen LogP contribution is 2.36. The average molecular weight is 616 g/mol. The maximum absolute atomic E-state index is 13.2. The van der Waals surface area contributed by atoms with Gasteiger partial charge in [0, 0.05) is 14.2 Å². The number of aromatic hydroxyl groups is 1. The number of benzene rings is 2. The minimum atomic E-state index is -0.489. The summed E-state index contributed by atoms with van der Waals surface area (Å²) in [4.78, 5) is 26.1. The lowest BCUT2D eigenvalue weighted by atomic mass is 10.1. The first-order valence-corrected chi connectivity index (χ1v) is 10.5. The number of phenolic OH excluding ortho intramolecular Hbond substituents is 1. The molecule has 0 atom stereocenters. The van der Waals surface area contributed by atoms with Crippen LogP contribution in [0.3, 0.4) is 0 Å². The predicted octanol–water partition coefficient (Wildman–Crippen LogP) is 5.63. The maximum Gasteiger partial charge on any atom is 0.293 e. The molecule has 134 valence electrons. The van der Waals surface area contributed by atoms with E-state index in [-0.39, 0.29) is 22.2 Å². The molecule has 0 spiro atoms. The molecule has 0 saturated carbocycles. The van der Waals surface area contributed by atoms with E-state index in [9.17, 15) is 19.1 Å². The molecule has 1 heterocycles. The molecule has 0 unspecified atom stereocenters. The second-order valence-corrected chi connectivity index (χ2v) is 9.14. The Hall–Kier alpha value is -0.850. The van der Waals surface area contributed by atoms with Crippen molar-refractivity contribution in [1.29, 1.82) is 0 Å². The standard InChI is InChI=1S/C17H9ClFI2NO3S/c18-12-5-10(19)2-1-8(12)7-22-16(24)14(26-17(22)25)4-9-3-11(20)6-13(21)15(9)23/h1-6,23H,7H2/b14-4-. The third-order valence-electron chi connectivity index (χ3n) is 3.56. The molecule has 0 aromatic heterocycles. The molecule has 2 aromatic rings. The van der Waals surface area contributed by atoms with Crippen LogP contribution in [0.25, 0.3) is 6.08 Å². The third-order valence-corrected chi connectivity index (χ3v) is 6.27. The topological polar surface area (TPSA) is 57.6 Å². The van der Waals surface area contributed by atoms with Crippen LogP contribution < -0.4 is 0 Å². The molecule has 3 rings (SSSR count). The molecule has 2 amide bonds. The van der Waals surface area contributed by atoms with Crippen molar-refractivity contribution in [2.24, 2.45) is 0 Å². The highest BCUT2D eigenvalue weighted by molar-refractivity contribution is 14.1. The molecule has 1 aliphatic heterocycles. The molecule has 0 radical (unpaired) electrons. The molecule has 1 aliphatic rings. The lowest BCUT2D eigenvalue weighted by Crippen LogP contribution is -2.27. The molecule has 2 aromatic carbocycles. The fourth-order valence-electron chi connectivity index (χ4n) is 2.29. The molecule has 1 N–H and O–H groups in total. The van der Waals surface area contributed by atoms with Crippen LogP contribution in [-0.4, -0.2) is 21.2 Å². The van der Waals surface area contributed by atoms with Gasteiger partial charge in [-0.25, -0.2) is 4.39 Å². The van der Waals surface area contributed by atoms with Gasteiger partial charge in [-0.3, -0.25) is 14.5 Å². The Kier molecular flexibility index (Phi) is 6.14. The largest absolute Gasteiger partial charge is 0.506 e. The van der Waals surface area contributed by atoms with Crippen LogP contribution in [-0.2, 0) is 11.3 Å². The Bertz CT molecular complexity index is 967. The van der Waals surface area contributed by atoms with E-state index in [0.717, 1.165) is 26.3 Å². The lowest BCUT2D eigenvalue weighted by molar-refractivity contribution is -0.123. The zero-order valence-corrected chi connectivity index (χ0v) is 18.7. The lowest BCUT2D eigenvalue weighted by Gasteiger charge is -2.13. The van der Waals surface area contributed by atoms with Crippen molar-refractivity contribution in [1.82, 2.24) is 4.90 Å². The van der Waals surface area contributed by atoms with Crippen molar-refractivity contribution in [3.05, 3.63) is 64.3 Å². The van der Waals surface area contributed by atoms with Crippen LogP contribution >= 0.6 is 68.5 Å². The van der Waals surface area contributed by atoms with Gasteiger partial charge in [-0.1, -0.05) is 17.7 Å². The normalized spacial score (nSPS) is 16.0. The number of hydrogen-bond donors (Lipinski definition) is 1. The molecule has 4 nitrogen and oxygen atoms in total. The second kappa shape index (κ2) is 8.03. The van der Waals surface area contributed by atoms with Gasteiger partial charge in [0.1, 0.15) is 11.6 Å². The first-order chi connectivity index (χ1) is 12.3. The average Bonchev–Trinajstić information content (AvgIpc) is 2.82. The Morgan fingerprint density at radius 1 is 1.23 bits per heavy atom. The smallest absolute Gasteiger partial charge is 0.293 e. The Morgan fingerprint density at radius 2 is 1.96 bits per heavy atom. The van der Waals surface area contributed by atoms with E-state index < -0.39 is 17.0 Å². The number of nitrogens with zero attached hydrogens (tertiary/aromatic N) is 1. The van der Waals surface area contributed by atoms with Gasteiger partial charge < -0.3 is 5.11 Å². The summed E-state index contributed by atoms with van der Waals surface area (Å²) in [6.45, 7) is -0.0447. The molecular formula is C17H9ClFI2NO3S. The summed E-state index contributed by atoms with van der Waals surface area (Å²) in [6.07, 6.45) is 1.50. The zero-order chi connectivity index (χ0) is 19.0. The van der Waals surface area contributed by atoms with Gasteiger partial charge in [-0.15, -0.1) is 0 Å². The van der Waals surface area contributed by atoms with Gasteiger partial charge in [0.2, 0.25) is 0 Å². The summed E-state index contributed by atoms with van der Waals surface area (Å²) in [5, 5.41) is 9.88. The van der Waals surface area contributed by atoms with Crippen LogP contribution in [0.1, 0.15) is 11.1 Å². The number of rotatable bonds is 3. The number of phenols is 1. The fourth-order valence-corrected chi connectivity index (χ4v) is 5.24. The Morgan fingerprint density at radius 3 is 2.65 bits per heavy atom. The summed E-state index contributed by atoms with van der Waals surface area (Å²) < 4.78 is 14.7. The van der Waals surface area contributed by atoms with E-state index in [1.165, 1.54) is 18.2 Å². The van der Waals surface area contributed by atoms with Crippen molar-refractivity contribution in [3.8, 4) is 5.75 Å². The van der Waals surface area contributed by atoms with Gasteiger partial charge >= 0.3 is 0 Å². The summed E-state index contributed by atoms with van der Waals surface area (Å²) in [7, 11) is 0. The highest BCUT2D eigenvalue weighted by Gasteiger charge is 2.35. The van der Waals surface area contributed by atoms with Gasteiger partial charge in [0.05, 0.1) is 15.0 Å². The molecule has 0 aliphatic carbocycles. The molecule has 0 bridgehead atoms. The summed E-state index contributed by atoms with van der Waals surface area (Å²) in [5.41, 5.74) is 0.940. The SMILES string of the molecule is O=C1S/C(=C\c2cc(I)cc(I)c2O)C(=O)N1Cc1ccc(F)cc1Cl. The minimum Gasteiger partial charge on any atom is -0.506 e. The fraction of sp³-hybridized carbons (Fsp3) is 0.0588. The van der Waals surface area contributed by atoms with Crippen LogP contribution in [0.4, 0.5) is 9.18 Å². The molecule has 1 saturated heterocycles. The van der Waals surface area contributed by atoms with Crippen molar-refractivity contribution >= 4 is 85.8 Å². The van der Waals surface area contributed by atoms with Crippen molar-refractivity contribution in [2.75, 3.05) is 0 Å². The highest BCUT2D eigenvalue weighted by atomic mass is 127. The first kappa shape index (κ1) is 19.9. The van der Waals surface area contributed by atoms with E-state index in [0.29, 0.717) is 14.7 Å². The predicted molar refractivity (Wildman–Crippen MR) is 116 cm³/mol. The van der Waals surface area contributed by atoms with Crippen molar-refractivity contribution in [2.45, 2.75) is 6.54 Å². The van der Waals surface area contributed by atoms with Crippen molar-refractivity contribution < 1.29 is 19.1 Å². The number of imide groups is 1.